The van der Waals surface area contributed by atoms with Crippen LogP contribution in [0.25, 0.3) is 0 Å². The van der Waals surface area contributed by atoms with Crippen molar-refractivity contribution in [1.29, 1.82) is 0 Å². The topological polar surface area (TPSA) is 72.2 Å². The van der Waals surface area contributed by atoms with Gasteiger partial charge in [-0.15, -0.1) is 0 Å². The number of carbonyl (C=O) groups excluding carboxylic acids is 1. The highest BCUT2D eigenvalue weighted by molar-refractivity contribution is 7.83. The van der Waals surface area contributed by atoms with E-state index in [9.17, 15) is 9.00 Å². The van der Waals surface area contributed by atoms with Gasteiger partial charge < -0.3 is 11.1 Å². The van der Waals surface area contributed by atoms with E-state index in [1.165, 1.54) is 0 Å². The van der Waals surface area contributed by atoms with Gasteiger partial charge in [0.25, 0.3) is 0 Å². The number of hydrogen-bond donors (Lipinski definition) is 2. The van der Waals surface area contributed by atoms with E-state index in [2.05, 4.69) is 5.32 Å². The third-order valence-corrected chi connectivity index (χ3v) is 5.21. The van der Waals surface area contributed by atoms with E-state index in [0.29, 0.717) is 17.2 Å². The first kappa shape index (κ1) is 18.4. The lowest BCUT2D eigenvalue weighted by Crippen LogP contribution is -2.34. The number of rotatable bonds is 7. The van der Waals surface area contributed by atoms with Crippen molar-refractivity contribution in [3.05, 3.63) is 65.7 Å². The Balaban J connectivity index is 1.97. The maximum atomic E-state index is 12.3. The van der Waals surface area contributed by atoms with Crippen LogP contribution in [0.1, 0.15) is 25.0 Å². The molecule has 3 atom stereocenters. The van der Waals surface area contributed by atoms with Gasteiger partial charge in [-0.05, 0) is 30.2 Å². The summed E-state index contributed by atoms with van der Waals surface area (Å²) < 4.78 is 12.3. The Labute approximate surface area is 145 Å². The number of carbonyl (C=O) groups is 1. The highest BCUT2D eigenvalue weighted by atomic mass is 32.2. The zero-order chi connectivity index (χ0) is 17.5. The van der Waals surface area contributed by atoms with E-state index >= 15 is 0 Å². The largest absolute Gasteiger partial charge is 0.327 e. The summed E-state index contributed by atoms with van der Waals surface area (Å²) >= 11 is 0. The van der Waals surface area contributed by atoms with Crippen LogP contribution in [0, 0.1) is 5.92 Å². The van der Waals surface area contributed by atoms with Crippen molar-refractivity contribution < 1.29 is 9.00 Å². The SMILES string of the molecule is CC(N)C(C)C(=O)Nc1cccc(CS(=O)Cc2ccccc2)c1. The lowest BCUT2D eigenvalue weighted by molar-refractivity contribution is -0.119. The molecule has 0 fully saturated rings. The van der Waals surface area contributed by atoms with E-state index in [1.807, 2.05) is 61.5 Å². The molecule has 0 saturated heterocycles. The second-order valence-electron chi connectivity index (χ2n) is 6.05. The first-order valence-electron chi connectivity index (χ1n) is 8.00. The van der Waals surface area contributed by atoms with Gasteiger partial charge in [0, 0.05) is 34.0 Å². The quantitative estimate of drug-likeness (QED) is 0.811. The Hall–Kier alpha value is -1.98. The Morgan fingerprint density at radius 1 is 1.04 bits per heavy atom. The molecule has 0 aliphatic carbocycles. The van der Waals surface area contributed by atoms with Crippen LogP contribution in [-0.2, 0) is 27.1 Å². The number of nitrogens with one attached hydrogen (secondary N) is 1. The predicted molar refractivity (Wildman–Crippen MR) is 99.9 cm³/mol. The number of benzene rings is 2. The summed E-state index contributed by atoms with van der Waals surface area (Å²) in [5, 5.41) is 2.87. The van der Waals surface area contributed by atoms with Crippen LogP contribution in [0.2, 0.25) is 0 Å². The molecule has 2 rings (SSSR count). The van der Waals surface area contributed by atoms with Crippen molar-refractivity contribution in [1.82, 2.24) is 0 Å². The van der Waals surface area contributed by atoms with Crippen molar-refractivity contribution >= 4 is 22.4 Å². The fraction of sp³-hybridized carbons (Fsp3) is 0.316. The van der Waals surface area contributed by atoms with Crippen molar-refractivity contribution in [3.8, 4) is 0 Å². The molecule has 0 aliphatic rings. The molecular weight excluding hydrogens is 320 g/mol. The van der Waals surface area contributed by atoms with E-state index in [1.54, 1.807) is 6.92 Å². The molecular formula is C19H24N2O2S. The van der Waals surface area contributed by atoms with E-state index in [4.69, 9.17) is 5.73 Å². The Morgan fingerprint density at radius 2 is 1.67 bits per heavy atom. The molecule has 0 bridgehead atoms. The maximum Gasteiger partial charge on any atom is 0.228 e. The molecule has 0 heterocycles. The molecule has 2 aromatic rings. The molecule has 128 valence electrons. The summed E-state index contributed by atoms with van der Waals surface area (Å²) in [4.78, 5) is 12.1. The van der Waals surface area contributed by atoms with Crippen LogP contribution in [0.5, 0.6) is 0 Å². The summed E-state index contributed by atoms with van der Waals surface area (Å²) in [5.41, 5.74) is 8.47. The van der Waals surface area contributed by atoms with Gasteiger partial charge in [-0.1, -0.05) is 49.4 Å². The van der Waals surface area contributed by atoms with Gasteiger partial charge in [0.1, 0.15) is 0 Å². The van der Waals surface area contributed by atoms with Gasteiger partial charge in [0.2, 0.25) is 5.91 Å². The third-order valence-electron chi connectivity index (χ3n) is 3.89. The van der Waals surface area contributed by atoms with Gasteiger partial charge in [-0.3, -0.25) is 9.00 Å². The molecule has 0 aromatic heterocycles. The fourth-order valence-electron chi connectivity index (χ4n) is 2.23. The molecule has 1 amide bonds. The first-order valence-corrected chi connectivity index (χ1v) is 9.49. The van der Waals surface area contributed by atoms with Gasteiger partial charge in [-0.2, -0.15) is 0 Å². The Morgan fingerprint density at radius 3 is 2.33 bits per heavy atom. The molecule has 3 N–H and O–H groups in total. The number of anilines is 1. The highest BCUT2D eigenvalue weighted by Crippen LogP contribution is 2.15. The van der Waals surface area contributed by atoms with Crippen LogP contribution < -0.4 is 11.1 Å². The van der Waals surface area contributed by atoms with E-state index in [-0.39, 0.29) is 17.9 Å². The zero-order valence-corrected chi connectivity index (χ0v) is 14.9. The van der Waals surface area contributed by atoms with Crippen molar-refractivity contribution in [2.75, 3.05) is 5.32 Å². The van der Waals surface area contributed by atoms with Crippen LogP contribution in [0.15, 0.2) is 54.6 Å². The van der Waals surface area contributed by atoms with Gasteiger partial charge in [-0.25, -0.2) is 0 Å². The first-order chi connectivity index (χ1) is 11.5. The standard InChI is InChI=1S/C19H24N2O2S/c1-14(15(2)20)19(22)21-18-10-6-9-17(11-18)13-24(23)12-16-7-4-3-5-8-16/h3-11,14-15H,12-13,20H2,1-2H3,(H,21,22). The van der Waals surface area contributed by atoms with E-state index < -0.39 is 10.8 Å². The van der Waals surface area contributed by atoms with Crippen LogP contribution in [0.4, 0.5) is 5.69 Å². The average molecular weight is 344 g/mol. The maximum absolute atomic E-state index is 12.3. The van der Waals surface area contributed by atoms with Crippen molar-refractivity contribution in [2.24, 2.45) is 11.7 Å². The summed E-state index contributed by atoms with van der Waals surface area (Å²) in [6.45, 7) is 3.62. The minimum Gasteiger partial charge on any atom is -0.327 e. The predicted octanol–water partition coefficient (Wildman–Crippen LogP) is 3.06. The fourth-order valence-corrected chi connectivity index (χ4v) is 3.45. The molecule has 0 spiro atoms. The normalized spacial score (nSPS) is 14.6. The van der Waals surface area contributed by atoms with Crippen LogP contribution in [0.3, 0.4) is 0 Å². The summed E-state index contributed by atoms with van der Waals surface area (Å²) in [7, 11) is -0.992. The van der Waals surface area contributed by atoms with Crippen molar-refractivity contribution in [2.45, 2.75) is 31.4 Å². The monoisotopic (exact) mass is 344 g/mol. The summed E-state index contributed by atoms with van der Waals surface area (Å²) in [5.74, 6) is 0.620. The molecule has 3 unspecified atom stereocenters. The van der Waals surface area contributed by atoms with Gasteiger partial charge in [0.15, 0.2) is 0 Å². The van der Waals surface area contributed by atoms with E-state index in [0.717, 1.165) is 11.1 Å². The summed E-state index contributed by atoms with van der Waals surface area (Å²) in [6, 6.07) is 17.1. The van der Waals surface area contributed by atoms with Gasteiger partial charge >= 0.3 is 0 Å². The molecule has 0 radical (unpaired) electrons. The minimum absolute atomic E-state index is 0.104. The average Bonchev–Trinajstić information content (AvgIpc) is 2.55. The minimum atomic E-state index is -0.992. The molecule has 2 aromatic carbocycles. The molecule has 4 nitrogen and oxygen atoms in total. The number of hydrogen-bond acceptors (Lipinski definition) is 3. The van der Waals surface area contributed by atoms with Crippen molar-refractivity contribution in [3.63, 3.8) is 0 Å². The van der Waals surface area contributed by atoms with Gasteiger partial charge in [0.05, 0.1) is 5.92 Å². The summed E-state index contributed by atoms with van der Waals surface area (Å²) in [6.07, 6.45) is 0. The number of nitrogens with two attached hydrogens (primary N) is 1. The highest BCUT2D eigenvalue weighted by Gasteiger charge is 2.17. The zero-order valence-electron chi connectivity index (χ0n) is 14.1. The Kier molecular flexibility index (Phi) is 6.70. The molecule has 0 aliphatic heterocycles. The Bertz CT molecular complexity index is 702. The molecule has 24 heavy (non-hydrogen) atoms. The van der Waals surface area contributed by atoms with Crippen LogP contribution >= 0.6 is 0 Å². The smallest absolute Gasteiger partial charge is 0.228 e. The number of amides is 1. The second kappa shape index (κ2) is 8.76. The molecule has 0 saturated carbocycles. The van der Waals surface area contributed by atoms with Crippen LogP contribution in [-0.4, -0.2) is 16.2 Å². The third kappa shape index (κ3) is 5.58. The second-order valence-corrected chi connectivity index (χ2v) is 7.51. The lowest BCUT2D eigenvalue weighted by atomic mass is 10.0. The molecule has 5 heteroatoms. The lowest BCUT2D eigenvalue weighted by Gasteiger charge is -2.15.